The topological polar surface area (TPSA) is 18.8 Å². The molecule has 2 heterocycles. The Morgan fingerprint density at radius 3 is 2.26 bits per heavy atom. The maximum atomic E-state index is 13.8. The molecule has 0 aliphatic carbocycles. The summed E-state index contributed by atoms with van der Waals surface area (Å²) in [4.78, 5) is 4.34. The van der Waals surface area contributed by atoms with Gasteiger partial charge in [0.25, 0.3) is 0 Å². The Hall–Kier alpha value is -2.80. The summed E-state index contributed by atoms with van der Waals surface area (Å²) in [5.41, 5.74) is 0.225. The molecule has 2 aromatic rings. The molecule has 0 saturated heterocycles. The zero-order valence-corrected chi connectivity index (χ0v) is 14.5. The first-order chi connectivity index (χ1) is 12.8. The van der Waals surface area contributed by atoms with Gasteiger partial charge in [0, 0.05) is 10.6 Å². The number of hydrazine groups is 1. The van der Waals surface area contributed by atoms with Crippen LogP contribution in [0.5, 0.6) is 0 Å². The second kappa shape index (κ2) is 6.42. The molecule has 8 heteroatoms. The Morgan fingerprint density at radius 1 is 0.963 bits per heavy atom. The lowest BCUT2D eigenvalue weighted by molar-refractivity contribution is -0.109. The van der Waals surface area contributed by atoms with Gasteiger partial charge in [0.1, 0.15) is 11.5 Å². The van der Waals surface area contributed by atoms with E-state index < -0.39 is 17.7 Å². The quantitative estimate of drug-likeness (QED) is 0.644. The first-order valence-corrected chi connectivity index (χ1v) is 8.37. The average molecular weight is 394 g/mol. The second-order valence-electron chi connectivity index (χ2n) is 5.96. The minimum absolute atomic E-state index is 0.128. The molecule has 0 aromatic heterocycles. The minimum atomic E-state index is -4.60. The fraction of sp³-hybridized carbons (Fsp3) is 0.105. The summed E-state index contributed by atoms with van der Waals surface area (Å²) in [6.45, 7) is 0.227. The molecular formula is C19H12ClF4N3. The van der Waals surface area contributed by atoms with E-state index in [0.717, 1.165) is 11.1 Å². The number of aliphatic imine (C=N–C) groups is 1. The largest absolute Gasteiger partial charge is 0.433 e. The maximum absolute atomic E-state index is 13.8. The van der Waals surface area contributed by atoms with Crippen LogP contribution in [0.4, 0.5) is 23.2 Å². The Balaban J connectivity index is 1.76. The standard InChI is InChI=1S/C19H12ClF4N3/c20-13-3-7-15(8-4-13)26-10-9-18-25-16(12-1-5-14(21)6-2-12)11-17(27(18)26)19(22,23)24/h1-9,11H,10H2. The summed E-state index contributed by atoms with van der Waals surface area (Å²) in [6, 6.07) is 11.7. The van der Waals surface area contributed by atoms with Crippen LogP contribution < -0.4 is 5.01 Å². The molecule has 0 bridgehead atoms. The van der Waals surface area contributed by atoms with Crippen LogP contribution >= 0.6 is 11.6 Å². The zero-order chi connectivity index (χ0) is 19.2. The molecule has 0 N–H and O–H groups in total. The number of hydrogen-bond donors (Lipinski definition) is 0. The summed E-state index contributed by atoms with van der Waals surface area (Å²) in [6.07, 6.45) is -2.02. The Labute approximate surface area is 157 Å². The molecule has 0 saturated carbocycles. The highest BCUT2D eigenvalue weighted by Gasteiger charge is 2.45. The van der Waals surface area contributed by atoms with E-state index in [1.165, 1.54) is 29.3 Å². The van der Waals surface area contributed by atoms with Crippen LogP contribution in [0.15, 0.2) is 77.2 Å². The van der Waals surface area contributed by atoms with Gasteiger partial charge in [-0.15, -0.1) is 0 Å². The van der Waals surface area contributed by atoms with Gasteiger partial charge in [0.15, 0.2) is 5.82 Å². The number of alkyl halides is 3. The summed E-state index contributed by atoms with van der Waals surface area (Å²) in [5, 5.41) is 3.00. The monoisotopic (exact) mass is 393 g/mol. The van der Waals surface area contributed by atoms with Crippen molar-refractivity contribution >= 4 is 23.0 Å². The van der Waals surface area contributed by atoms with Crippen molar-refractivity contribution in [2.45, 2.75) is 6.18 Å². The van der Waals surface area contributed by atoms with Crippen LogP contribution in [0.2, 0.25) is 5.02 Å². The van der Waals surface area contributed by atoms with E-state index in [1.54, 1.807) is 30.3 Å². The summed E-state index contributed by atoms with van der Waals surface area (Å²) in [7, 11) is 0. The lowest BCUT2D eigenvalue weighted by Crippen LogP contribution is -2.43. The van der Waals surface area contributed by atoms with Crippen molar-refractivity contribution in [1.82, 2.24) is 5.01 Å². The second-order valence-corrected chi connectivity index (χ2v) is 6.40. The van der Waals surface area contributed by atoms with Gasteiger partial charge in [-0.2, -0.15) is 13.2 Å². The van der Waals surface area contributed by atoms with Crippen molar-refractivity contribution < 1.29 is 17.6 Å². The van der Waals surface area contributed by atoms with E-state index in [0.29, 0.717) is 16.3 Å². The van der Waals surface area contributed by atoms with Crippen molar-refractivity contribution in [1.29, 1.82) is 0 Å². The Morgan fingerprint density at radius 2 is 1.63 bits per heavy atom. The van der Waals surface area contributed by atoms with Gasteiger partial charge in [-0.1, -0.05) is 11.6 Å². The molecule has 27 heavy (non-hydrogen) atoms. The van der Waals surface area contributed by atoms with E-state index in [9.17, 15) is 17.6 Å². The fourth-order valence-corrected chi connectivity index (χ4v) is 3.08. The molecule has 0 fully saturated rings. The van der Waals surface area contributed by atoms with E-state index in [-0.39, 0.29) is 18.1 Å². The lowest BCUT2D eigenvalue weighted by atomic mass is 10.1. The van der Waals surface area contributed by atoms with Crippen molar-refractivity contribution in [2.75, 3.05) is 11.6 Å². The Kier molecular flexibility index (Phi) is 4.19. The van der Waals surface area contributed by atoms with Crippen LogP contribution in [0, 0.1) is 5.82 Å². The number of halogens is 5. The molecule has 2 aromatic carbocycles. The van der Waals surface area contributed by atoms with E-state index in [1.807, 2.05) is 0 Å². The first-order valence-electron chi connectivity index (χ1n) is 8.00. The van der Waals surface area contributed by atoms with Crippen LogP contribution in [0.25, 0.3) is 0 Å². The molecule has 2 aliphatic heterocycles. The van der Waals surface area contributed by atoms with Gasteiger partial charge in [0.2, 0.25) is 0 Å². The maximum Gasteiger partial charge on any atom is 0.433 e. The first kappa shape index (κ1) is 17.6. The smallest absolute Gasteiger partial charge is 0.275 e. The number of hydrogen-bond acceptors (Lipinski definition) is 3. The minimum Gasteiger partial charge on any atom is -0.275 e. The van der Waals surface area contributed by atoms with Gasteiger partial charge in [0.05, 0.1) is 17.9 Å². The van der Waals surface area contributed by atoms with Crippen molar-refractivity contribution in [3.8, 4) is 0 Å². The van der Waals surface area contributed by atoms with Crippen molar-refractivity contribution in [3.05, 3.63) is 88.6 Å². The highest BCUT2D eigenvalue weighted by molar-refractivity contribution is 6.30. The van der Waals surface area contributed by atoms with Crippen LogP contribution in [-0.2, 0) is 0 Å². The zero-order valence-electron chi connectivity index (χ0n) is 13.7. The number of allylic oxidation sites excluding steroid dienone is 2. The number of fused-ring (bicyclic) bond motifs is 1. The third-order valence-corrected chi connectivity index (χ3v) is 4.45. The number of benzene rings is 2. The van der Waals surface area contributed by atoms with E-state index >= 15 is 0 Å². The van der Waals surface area contributed by atoms with Crippen LogP contribution in [0.3, 0.4) is 0 Å². The highest BCUT2D eigenvalue weighted by Crippen LogP contribution is 2.39. The predicted molar refractivity (Wildman–Crippen MR) is 95.8 cm³/mol. The van der Waals surface area contributed by atoms with Gasteiger partial charge in [-0.05, 0) is 60.7 Å². The predicted octanol–water partition coefficient (Wildman–Crippen LogP) is 5.31. The third-order valence-electron chi connectivity index (χ3n) is 4.20. The average Bonchev–Trinajstić information content (AvgIpc) is 3.05. The molecule has 0 spiro atoms. The Bertz CT molecular complexity index is 960. The summed E-state index contributed by atoms with van der Waals surface area (Å²) in [5.74, 6) is -0.301. The fourth-order valence-electron chi connectivity index (χ4n) is 2.96. The molecule has 138 valence electrons. The normalized spacial score (nSPS) is 16.7. The van der Waals surface area contributed by atoms with Gasteiger partial charge < -0.3 is 0 Å². The highest BCUT2D eigenvalue weighted by atomic mass is 35.5. The van der Waals surface area contributed by atoms with Crippen LogP contribution in [0.1, 0.15) is 5.56 Å². The SMILES string of the molecule is Fc1ccc(C2=NC3=CCN(c4ccc(Cl)cc4)N3C(C(F)(F)F)=C2)cc1. The molecule has 0 amide bonds. The number of anilines is 1. The van der Waals surface area contributed by atoms with E-state index in [4.69, 9.17) is 11.6 Å². The van der Waals surface area contributed by atoms with Crippen LogP contribution in [-0.4, -0.2) is 23.4 Å². The molecule has 4 rings (SSSR count). The summed E-state index contributed by atoms with van der Waals surface area (Å²) >= 11 is 5.87. The summed E-state index contributed by atoms with van der Waals surface area (Å²) < 4.78 is 54.5. The molecular weight excluding hydrogens is 382 g/mol. The molecule has 3 nitrogen and oxygen atoms in total. The van der Waals surface area contributed by atoms with Crippen molar-refractivity contribution in [2.24, 2.45) is 4.99 Å². The van der Waals surface area contributed by atoms with Gasteiger partial charge >= 0.3 is 6.18 Å². The molecule has 0 unspecified atom stereocenters. The van der Waals surface area contributed by atoms with Gasteiger partial charge in [-0.25, -0.2) is 14.4 Å². The van der Waals surface area contributed by atoms with E-state index in [2.05, 4.69) is 4.99 Å². The third kappa shape index (κ3) is 3.30. The number of nitrogens with zero attached hydrogens (tertiary/aromatic N) is 3. The molecule has 2 aliphatic rings. The molecule has 0 atom stereocenters. The lowest BCUT2D eigenvalue weighted by Gasteiger charge is -2.36. The van der Waals surface area contributed by atoms with Gasteiger partial charge in [-0.3, -0.25) is 5.01 Å². The number of rotatable bonds is 2. The molecule has 0 radical (unpaired) electrons. The van der Waals surface area contributed by atoms with Crippen molar-refractivity contribution in [3.63, 3.8) is 0 Å².